The molecule has 3 aromatic carbocycles. The number of rotatable bonds is 6. The Morgan fingerprint density at radius 1 is 0.909 bits per heavy atom. The lowest BCUT2D eigenvalue weighted by atomic mass is 10.1. The monoisotopic (exact) mass is 451 g/mol. The number of amides is 1. The number of hydrogen-bond acceptors (Lipinski definition) is 5. The van der Waals surface area contributed by atoms with Crippen LogP contribution >= 0.6 is 11.8 Å². The van der Waals surface area contributed by atoms with Crippen LogP contribution in [-0.4, -0.2) is 26.2 Å². The molecule has 0 bridgehead atoms. The minimum absolute atomic E-state index is 0.117. The van der Waals surface area contributed by atoms with E-state index >= 15 is 0 Å². The molecule has 0 radical (unpaired) electrons. The lowest BCUT2D eigenvalue weighted by Crippen LogP contribution is -2.14. The van der Waals surface area contributed by atoms with E-state index in [4.69, 9.17) is 5.73 Å². The lowest BCUT2D eigenvalue weighted by molar-refractivity contribution is -0.113. The second-order valence-corrected chi connectivity index (χ2v) is 8.42. The first-order valence-electron chi connectivity index (χ1n) is 10.4. The smallest absolute Gasteiger partial charge is 0.234 e. The highest BCUT2D eigenvalue weighted by Gasteiger charge is 2.15. The summed E-state index contributed by atoms with van der Waals surface area (Å²) < 4.78 is 2.06. The van der Waals surface area contributed by atoms with Gasteiger partial charge in [0.2, 0.25) is 5.91 Å². The third kappa shape index (κ3) is 4.58. The van der Waals surface area contributed by atoms with Crippen LogP contribution in [0.1, 0.15) is 0 Å². The molecule has 33 heavy (non-hydrogen) atoms. The lowest BCUT2D eigenvalue weighted by Gasteiger charge is -2.12. The summed E-state index contributed by atoms with van der Waals surface area (Å²) >= 11 is 1.39. The van der Waals surface area contributed by atoms with Crippen LogP contribution in [-0.2, 0) is 4.79 Å². The molecule has 2 aromatic heterocycles. The van der Waals surface area contributed by atoms with E-state index in [1.165, 1.54) is 11.8 Å². The molecule has 1 amide bonds. The first-order valence-corrected chi connectivity index (χ1v) is 11.4. The number of nitrogens with zero attached hydrogens (tertiary/aromatic N) is 3. The van der Waals surface area contributed by atoms with E-state index in [0.717, 1.165) is 33.0 Å². The minimum atomic E-state index is -0.117. The van der Waals surface area contributed by atoms with Gasteiger partial charge in [-0.3, -0.25) is 14.3 Å². The molecule has 0 saturated heterocycles. The summed E-state index contributed by atoms with van der Waals surface area (Å²) in [5.74, 6) is 0.103. The van der Waals surface area contributed by atoms with Crippen molar-refractivity contribution in [3.05, 3.63) is 97.3 Å². The Morgan fingerprint density at radius 3 is 2.48 bits per heavy atom. The molecule has 162 valence electrons. The second-order valence-electron chi connectivity index (χ2n) is 7.47. The molecule has 0 saturated carbocycles. The highest BCUT2D eigenvalue weighted by atomic mass is 32.2. The maximum Gasteiger partial charge on any atom is 0.234 e. The summed E-state index contributed by atoms with van der Waals surface area (Å²) in [6.07, 6.45) is 3.50. The number of nitrogen functional groups attached to an aromatic ring is 1. The van der Waals surface area contributed by atoms with E-state index in [1.807, 2.05) is 91.1 Å². The van der Waals surface area contributed by atoms with Gasteiger partial charge in [-0.2, -0.15) is 0 Å². The van der Waals surface area contributed by atoms with Crippen molar-refractivity contribution in [2.45, 2.75) is 5.16 Å². The number of hydrogen-bond donors (Lipinski definition) is 2. The zero-order valence-corrected chi connectivity index (χ0v) is 18.5. The fourth-order valence-electron chi connectivity index (χ4n) is 3.59. The molecule has 3 N–H and O–H groups in total. The number of anilines is 2. The highest BCUT2D eigenvalue weighted by Crippen LogP contribution is 2.30. The molecule has 0 spiro atoms. The fourth-order valence-corrected chi connectivity index (χ4v) is 4.38. The SMILES string of the molecule is Nc1ccc(-c2cnc(SCC(=O)Nc3cnc4ccccc4c3)n2-c2ccccc2)cc1. The Morgan fingerprint density at radius 2 is 1.67 bits per heavy atom. The van der Waals surface area contributed by atoms with Gasteiger partial charge in [-0.25, -0.2) is 4.98 Å². The largest absolute Gasteiger partial charge is 0.399 e. The summed E-state index contributed by atoms with van der Waals surface area (Å²) in [5, 5.41) is 4.65. The number of carbonyl (C=O) groups is 1. The van der Waals surface area contributed by atoms with Gasteiger partial charge < -0.3 is 11.1 Å². The Balaban J connectivity index is 1.37. The van der Waals surface area contributed by atoms with Gasteiger partial charge in [0.15, 0.2) is 5.16 Å². The topological polar surface area (TPSA) is 85.8 Å². The third-order valence-electron chi connectivity index (χ3n) is 5.16. The van der Waals surface area contributed by atoms with Crippen LogP contribution in [0.5, 0.6) is 0 Å². The van der Waals surface area contributed by atoms with Gasteiger partial charge in [-0.1, -0.05) is 60.3 Å². The summed E-state index contributed by atoms with van der Waals surface area (Å²) in [7, 11) is 0. The number of fused-ring (bicyclic) bond motifs is 1. The third-order valence-corrected chi connectivity index (χ3v) is 6.11. The molecule has 0 aliphatic carbocycles. The van der Waals surface area contributed by atoms with Crippen LogP contribution in [0, 0.1) is 0 Å². The Kier molecular flexibility index (Phi) is 5.78. The molecule has 5 aromatic rings. The average Bonchev–Trinajstić information content (AvgIpc) is 3.28. The molecular weight excluding hydrogens is 430 g/mol. The number of aromatic nitrogens is 3. The maximum atomic E-state index is 12.7. The number of nitrogens with one attached hydrogen (secondary N) is 1. The summed E-state index contributed by atoms with van der Waals surface area (Å²) in [5.41, 5.74) is 11.0. The normalized spacial score (nSPS) is 10.9. The van der Waals surface area contributed by atoms with E-state index in [1.54, 1.807) is 6.20 Å². The van der Waals surface area contributed by atoms with Gasteiger partial charge in [0.1, 0.15) is 0 Å². The number of thioether (sulfide) groups is 1. The van der Waals surface area contributed by atoms with Crippen LogP contribution in [0.4, 0.5) is 11.4 Å². The van der Waals surface area contributed by atoms with Gasteiger partial charge in [-0.15, -0.1) is 0 Å². The molecular formula is C26H21N5OS. The van der Waals surface area contributed by atoms with Crippen molar-refractivity contribution >= 4 is 39.9 Å². The van der Waals surface area contributed by atoms with Crippen LogP contribution in [0.3, 0.4) is 0 Å². The van der Waals surface area contributed by atoms with Crippen LogP contribution in [0.15, 0.2) is 102 Å². The molecule has 0 aliphatic heterocycles. The number of imidazole rings is 1. The minimum Gasteiger partial charge on any atom is -0.399 e. The van der Waals surface area contributed by atoms with Crippen molar-refractivity contribution in [2.24, 2.45) is 0 Å². The van der Waals surface area contributed by atoms with Crippen molar-refractivity contribution < 1.29 is 4.79 Å². The fraction of sp³-hybridized carbons (Fsp3) is 0.0385. The molecule has 2 heterocycles. The summed E-state index contributed by atoms with van der Waals surface area (Å²) in [4.78, 5) is 21.7. The van der Waals surface area contributed by atoms with Gasteiger partial charge in [0, 0.05) is 22.3 Å². The van der Waals surface area contributed by atoms with Crippen molar-refractivity contribution in [2.75, 3.05) is 16.8 Å². The number of nitrogens with two attached hydrogens (primary N) is 1. The van der Waals surface area contributed by atoms with Crippen molar-refractivity contribution in [3.8, 4) is 16.9 Å². The predicted molar refractivity (Wildman–Crippen MR) is 135 cm³/mol. The average molecular weight is 452 g/mol. The first-order chi connectivity index (χ1) is 16.2. The molecule has 0 fully saturated rings. The Labute approximate surface area is 195 Å². The van der Waals surface area contributed by atoms with E-state index in [9.17, 15) is 4.79 Å². The van der Waals surface area contributed by atoms with Crippen molar-refractivity contribution in [1.29, 1.82) is 0 Å². The number of carbonyl (C=O) groups excluding carboxylic acids is 1. The number of pyridine rings is 1. The maximum absolute atomic E-state index is 12.7. The Bertz CT molecular complexity index is 1410. The number of para-hydroxylation sites is 2. The standard InChI is InChI=1S/C26H21N5OS/c27-20-12-10-18(11-13-20)24-16-29-26(31(24)22-7-2-1-3-8-22)33-17-25(32)30-21-14-19-6-4-5-9-23(19)28-15-21/h1-16H,17,27H2,(H,30,32). The van der Waals surface area contributed by atoms with Gasteiger partial charge in [-0.05, 0) is 36.4 Å². The van der Waals surface area contributed by atoms with Crippen LogP contribution in [0.2, 0.25) is 0 Å². The molecule has 5 rings (SSSR count). The quantitative estimate of drug-likeness (QED) is 0.267. The zero-order valence-electron chi connectivity index (χ0n) is 17.7. The first kappa shape index (κ1) is 20.8. The zero-order chi connectivity index (χ0) is 22.6. The molecule has 7 heteroatoms. The van der Waals surface area contributed by atoms with Gasteiger partial charge in [0.05, 0.1) is 35.0 Å². The van der Waals surface area contributed by atoms with E-state index in [-0.39, 0.29) is 11.7 Å². The van der Waals surface area contributed by atoms with Crippen LogP contribution < -0.4 is 11.1 Å². The second kappa shape index (κ2) is 9.18. The van der Waals surface area contributed by atoms with E-state index in [0.29, 0.717) is 11.4 Å². The number of benzene rings is 3. The van der Waals surface area contributed by atoms with Gasteiger partial charge in [0.25, 0.3) is 0 Å². The Hall–Kier alpha value is -4.10. The molecule has 0 aliphatic rings. The summed E-state index contributed by atoms with van der Waals surface area (Å²) in [6, 6.07) is 27.4. The molecule has 0 atom stereocenters. The molecule has 0 unspecified atom stereocenters. The van der Waals surface area contributed by atoms with Crippen molar-refractivity contribution in [1.82, 2.24) is 14.5 Å². The van der Waals surface area contributed by atoms with E-state index in [2.05, 4.69) is 19.9 Å². The predicted octanol–water partition coefficient (Wildman–Crippen LogP) is 5.40. The van der Waals surface area contributed by atoms with Gasteiger partial charge >= 0.3 is 0 Å². The summed E-state index contributed by atoms with van der Waals surface area (Å²) in [6.45, 7) is 0. The highest BCUT2D eigenvalue weighted by molar-refractivity contribution is 7.99. The van der Waals surface area contributed by atoms with Crippen LogP contribution in [0.25, 0.3) is 27.8 Å². The van der Waals surface area contributed by atoms with Crippen molar-refractivity contribution in [3.63, 3.8) is 0 Å². The molecule has 6 nitrogen and oxygen atoms in total. The van der Waals surface area contributed by atoms with E-state index < -0.39 is 0 Å².